The fourth-order valence-electron chi connectivity index (χ4n) is 3.19. The van der Waals surface area contributed by atoms with Crippen molar-refractivity contribution in [2.45, 2.75) is 6.61 Å². The van der Waals surface area contributed by atoms with Crippen molar-refractivity contribution in [3.63, 3.8) is 0 Å². The van der Waals surface area contributed by atoms with Gasteiger partial charge in [0.25, 0.3) is 11.8 Å². The molecule has 10 heteroatoms. The van der Waals surface area contributed by atoms with Gasteiger partial charge in [-0.25, -0.2) is 9.69 Å². The van der Waals surface area contributed by atoms with E-state index in [2.05, 4.69) is 53.1 Å². The van der Waals surface area contributed by atoms with E-state index in [0.29, 0.717) is 33.1 Å². The van der Waals surface area contributed by atoms with Gasteiger partial charge in [-0.05, 0) is 81.7 Å². The maximum Gasteiger partial charge on any atom is 0.335 e. The second-order valence-electron chi connectivity index (χ2n) is 7.16. The number of nitrogens with zero attached hydrogens (tertiary/aromatic N) is 1. The molecule has 0 aliphatic carbocycles. The Labute approximate surface area is 225 Å². The summed E-state index contributed by atoms with van der Waals surface area (Å²) in [6, 6.07) is 16.7. The van der Waals surface area contributed by atoms with Crippen LogP contribution in [0.3, 0.4) is 0 Å². The van der Waals surface area contributed by atoms with Crippen molar-refractivity contribution in [2.24, 2.45) is 0 Å². The molecular weight excluding hydrogens is 655 g/mol. The van der Waals surface area contributed by atoms with E-state index < -0.39 is 17.8 Å². The molecule has 0 saturated carbocycles. The first-order chi connectivity index (χ1) is 16.2. The summed E-state index contributed by atoms with van der Waals surface area (Å²) in [7, 11) is 0. The number of carbonyl (C=O) groups is 3. The summed E-state index contributed by atoms with van der Waals surface area (Å²) < 4.78 is 8.17. The highest BCUT2D eigenvalue weighted by atomic mass is 79.9. The summed E-state index contributed by atoms with van der Waals surface area (Å²) >= 11 is 16.6. The molecule has 1 aliphatic rings. The largest absolute Gasteiger partial charge is 0.486 e. The predicted molar refractivity (Wildman–Crippen MR) is 141 cm³/mol. The quantitative estimate of drug-likeness (QED) is 0.238. The summed E-state index contributed by atoms with van der Waals surface area (Å²) in [5.74, 6) is -1.09. The van der Waals surface area contributed by atoms with E-state index in [1.807, 2.05) is 24.3 Å². The number of carbonyl (C=O) groups excluding carboxylic acids is 3. The number of halogens is 4. The number of hydrogen-bond donors (Lipinski definition) is 1. The zero-order valence-electron chi connectivity index (χ0n) is 17.2. The van der Waals surface area contributed by atoms with Gasteiger partial charge >= 0.3 is 6.03 Å². The molecule has 0 atom stereocenters. The van der Waals surface area contributed by atoms with Crippen molar-refractivity contribution in [3.05, 3.63) is 95.8 Å². The van der Waals surface area contributed by atoms with Gasteiger partial charge in [0.2, 0.25) is 0 Å². The predicted octanol–water partition coefficient (Wildman–Crippen LogP) is 6.87. The Bertz CT molecular complexity index is 1300. The highest BCUT2D eigenvalue weighted by Crippen LogP contribution is 2.36. The minimum Gasteiger partial charge on any atom is -0.486 e. The van der Waals surface area contributed by atoms with Gasteiger partial charge in [0.05, 0.1) is 15.2 Å². The molecule has 3 aromatic rings. The topological polar surface area (TPSA) is 75.7 Å². The smallest absolute Gasteiger partial charge is 0.335 e. The molecule has 0 bridgehead atoms. The molecule has 0 unspecified atom stereocenters. The van der Waals surface area contributed by atoms with E-state index in [1.54, 1.807) is 36.4 Å². The number of rotatable bonds is 5. The lowest BCUT2D eigenvalue weighted by Crippen LogP contribution is -2.54. The Morgan fingerprint density at radius 1 is 0.912 bits per heavy atom. The van der Waals surface area contributed by atoms with Gasteiger partial charge in [-0.15, -0.1) is 0 Å². The average Bonchev–Trinajstić information content (AvgIpc) is 2.78. The molecule has 4 amide bonds. The number of ether oxygens (including phenoxy) is 1. The van der Waals surface area contributed by atoms with Crippen LogP contribution in [0.15, 0.2) is 79.7 Å². The summed E-state index contributed by atoms with van der Waals surface area (Å²) in [5, 5.41) is 2.50. The summed E-state index contributed by atoms with van der Waals surface area (Å²) in [4.78, 5) is 38.7. The molecule has 0 radical (unpaired) electrons. The Hall–Kier alpha value is -2.46. The first-order valence-corrected chi connectivity index (χ1v) is 12.5. The van der Waals surface area contributed by atoms with Crippen LogP contribution in [-0.4, -0.2) is 17.8 Å². The number of anilines is 1. The van der Waals surface area contributed by atoms with E-state index in [0.717, 1.165) is 19.4 Å². The molecule has 1 N–H and O–H groups in total. The minimum atomic E-state index is -0.814. The van der Waals surface area contributed by atoms with Gasteiger partial charge in [0.15, 0.2) is 5.75 Å². The third kappa shape index (κ3) is 5.43. The molecule has 4 rings (SSSR count). The Morgan fingerprint density at radius 2 is 1.53 bits per heavy atom. The number of imide groups is 2. The van der Waals surface area contributed by atoms with Crippen LogP contribution in [0.5, 0.6) is 5.75 Å². The number of benzene rings is 3. The lowest BCUT2D eigenvalue weighted by molar-refractivity contribution is -0.122. The molecule has 1 heterocycles. The number of nitrogens with one attached hydrogen (secondary N) is 1. The monoisotopic (exact) mass is 666 g/mol. The number of barbiturate groups is 1. The fourth-order valence-corrected chi connectivity index (χ4v) is 4.70. The third-order valence-corrected chi connectivity index (χ3v) is 6.74. The second kappa shape index (κ2) is 10.4. The van der Waals surface area contributed by atoms with Crippen LogP contribution in [0.2, 0.25) is 5.02 Å². The number of amides is 4. The third-order valence-electron chi connectivity index (χ3n) is 4.81. The molecule has 0 spiro atoms. The Kier molecular flexibility index (Phi) is 7.57. The highest BCUT2D eigenvalue weighted by molar-refractivity contribution is 9.11. The second-order valence-corrected chi connectivity index (χ2v) is 10.3. The molecule has 3 aromatic carbocycles. The maximum atomic E-state index is 13.0. The van der Waals surface area contributed by atoms with E-state index in [-0.39, 0.29) is 5.57 Å². The number of urea groups is 1. The summed E-state index contributed by atoms with van der Waals surface area (Å²) in [5.41, 5.74) is 1.57. The van der Waals surface area contributed by atoms with Gasteiger partial charge in [-0.2, -0.15) is 0 Å². The fraction of sp³-hybridized carbons (Fsp3) is 0.0417. The van der Waals surface area contributed by atoms with Crippen LogP contribution in [-0.2, 0) is 16.2 Å². The zero-order valence-corrected chi connectivity index (χ0v) is 22.7. The highest BCUT2D eigenvalue weighted by Gasteiger charge is 2.36. The van der Waals surface area contributed by atoms with Crippen molar-refractivity contribution < 1.29 is 19.1 Å². The van der Waals surface area contributed by atoms with Gasteiger partial charge < -0.3 is 4.74 Å². The molecule has 1 aliphatic heterocycles. The number of hydrogen-bond acceptors (Lipinski definition) is 4. The van der Waals surface area contributed by atoms with Crippen LogP contribution in [0, 0.1) is 0 Å². The van der Waals surface area contributed by atoms with Gasteiger partial charge in [-0.1, -0.05) is 55.6 Å². The normalized spacial score (nSPS) is 15.0. The molecule has 1 fully saturated rings. The first-order valence-electron chi connectivity index (χ1n) is 9.76. The first kappa shape index (κ1) is 24.7. The SMILES string of the molecule is O=C1NC(=O)N(c2ccc(Br)cc2)C(=O)/C1=C/c1cc(Cl)c(OCc2ccc(Br)cc2)c(Br)c1. The zero-order chi connectivity index (χ0) is 24.4. The molecular formula is C24H14Br3ClN2O4. The van der Waals surface area contributed by atoms with Crippen LogP contribution >= 0.6 is 59.4 Å². The Morgan fingerprint density at radius 3 is 2.15 bits per heavy atom. The standard InChI is InChI=1S/C24H14Br3ClN2O4/c25-15-3-1-13(2-4-15)12-34-21-19(27)10-14(11-20(21)28)9-18-22(31)29-24(33)30(23(18)32)17-7-5-16(26)6-8-17/h1-11H,12H2,(H,29,31,33)/b18-9+. The van der Waals surface area contributed by atoms with E-state index >= 15 is 0 Å². The molecule has 6 nitrogen and oxygen atoms in total. The average molecular weight is 670 g/mol. The van der Waals surface area contributed by atoms with Crippen LogP contribution in [0.1, 0.15) is 11.1 Å². The van der Waals surface area contributed by atoms with Crippen molar-refractivity contribution in [1.29, 1.82) is 0 Å². The van der Waals surface area contributed by atoms with Crippen LogP contribution in [0.4, 0.5) is 10.5 Å². The molecule has 172 valence electrons. The van der Waals surface area contributed by atoms with Crippen molar-refractivity contribution in [2.75, 3.05) is 4.90 Å². The summed E-state index contributed by atoms with van der Waals surface area (Å²) in [6.07, 6.45) is 1.38. The van der Waals surface area contributed by atoms with Crippen molar-refractivity contribution in [3.8, 4) is 5.75 Å². The van der Waals surface area contributed by atoms with Gasteiger partial charge in [0, 0.05) is 8.95 Å². The molecule has 0 aromatic heterocycles. The van der Waals surface area contributed by atoms with E-state index in [4.69, 9.17) is 16.3 Å². The van der Waals surface area contributed by atoms with Crippen LogP contribution in [0.25, 0.3) is 6.08 Å². The maximum absolute atomic E-state index is 13.0. The molecule has 1 saturated heterocycles. The summed E-state index contributed by atoms with van der Waals surface area (Å²) in [6.45, 7) is 0.303. The van der Waals surface area contributed by atoms with Crippen LogP contribution < -0.4 is 15.0 Å². The van der Waals surface area contributed by atoms with E-state index in [9.17, 15) is 14.4 Å². The van der Waals surface area contributed by atoms with Crippen molar-refractivity contribution >= 4 is 89.0 Å². The van der Waals surface area contributed by atoms with E-state index in [1.165, 1.54) is 6.08 Å². The lowest BCUT2D eigenvalue weighted by atomic mass is 10.1. The van der Waals surface area contributed by atoms with Crippen molar-refractivity contribution in [1.82, 2.24) is 5.32 Å². The Balaban J connectivity index is 1.60. The minimum absolute atomic E-state index is 0.200. The van der Waals surface area contributed by atoms with Gasteiger partial charge in [0.1, 0.15) is 12.2 Å². The molecule has 34 heavy (non-hydrogen) atoms. The lowest BCUT2D eigenvalue weighted by Gasteiger charge is -2.26. The van der Waals surface area contributed by atoms with Gasteiger partial charge in [-0.3, -0.25) is 14.9 Å².